The molecule has 0 spiro atoms. The fraction of sp³-hybridized carbons (Fsp3) is 0.556. The molecule has 7 nitrogen and oxygen atoms in total. The topological polar surface area (TPSA) is 105 Å². The molecular formula is C18H29IN4O3S. The molecule has 27 heavy (non-hydrogen) atoms. The molecule has 3 N–H and O–H groups in total. The van der Waals surface area contributed by atoms with Gasteiger partial charge in [0, 0.05) is 39.4 Å². The van der Waals surface area contributed by atoms with E-state index in [0.717, 1.165) is 43.9 Å². The first kappa shape index (κ1) is 23.7. The zero-order valence-corrected chi connectivity index (χ0v) is 19.0. The van der Waals surface area contributed by atoms with E-state index in [1.54, 1.807) is 19.2 Å². The summed E-state index contributed by atoms with van der Waals surface area (Å²) >= 11 is 0. The molecule has 1 heterocycles. The van der Waals surface area contributed by atoms with E-state index >= 15 is 0 Å². The zero-order chi connectivity index (χ0) is 19.2. The highest BCUT2D eigenvalue weighted by atomic mass is 127. The maximum Gasteiger partial charge on any atom is 0.217 e. The van der Waals surface area contributed by atoms with Crippen LogP contribution >= 0.6 is 24.0 Å². The summed E-state index contributed by atoms with van der Waals surface area (Å²) in [5.74, 6) is 0.854. The Morgan fingerprint density at radius 1 is 1.33 bits per heavy atom. The van der Waals surface area contributed by atoms with Gasteiger partial charge in [0.2, 0.25) is 5.91 Å². The molecule has 1 amide bonds. The summed E-state index contributed by atoms with van der Waals surface area (Å²) in [5, 5.41) is 3.35. The molecule has 1 aromatic carbocycles. The molecule has 1 atom stereocenters. The number of nitrogens with zero attached hydrogens (tertiary/aromatic N) is 2. The Morgan fingerprint density at radius 3 is 2.56 bits per heavy atom. The number of nitrogens with two attached hydrogens (primary N) is 1. The highest BCUT2D eigenvalue weighted by Crippen LogP contribution is 2.19. The number of primary amides is 1. The molecule has 1 aliphatic rings. The summed E-state index contributed by atoms with van der Waals surface area (Å²) in [7, 11) is -1.41. The SMILES string of the molecule is CN=C(NCCc1ccc(S(C)(=O)=O)cc1)N1CCCC(CC(N)=O)C1.I. The Labute approximate surface area is 178 Å². The largest absolute Gasteiger partial charge is 0.370 e. The minimum atomic E-state index is -3.16. The summed E-state index contributed by atoms with van der Waals surface area (Å²) in [4.78, 5) is 18.0. The molecule has 1 saturated heterocycles. The second-order valence-electron chi connectivity index (χ2n) is 6.76. The van der Waals surface area contributed by atoms with Crippen LogP contribution in [-0.2, 0) is 21.1 Å². The van der Waals surface area contributed by atoms with Crippen LogP contribution < -0.4 is 11.1 Å². The molecule has 0 saturated carbocycles. The molecule has 2 rings (SSSR count). The second-order valence-corrected chi connectivity index (χ2v) is 8.78. The molecule has 1 fully saturated rings. The molecule has 1 unspecified atom stereocenters. The van der Waals surface area contributed by atoms with Gasteiger partial charge in [-0.05, 0) is 42.9 Å². The maximum absolute atomic E-state index is 11.5. The molecule has 9 heteroatoms. The molecule has 0 bridgehead atoms. The number of carbonyl (C=O) groups is 1. The van der Waals surface area contributed by atoms with Crippen molar-refractivity contribution in [2.45, 2.75) is 30.6 Å². The molecule has 152 valence electrons. The van der Waals surface area contributed by atoms with Crippen molar-refractivity contribution in [3.8, 4) is 0 Å². The van der Waals surface area contributed by atoms with Gasteiger partial charge in [-0.1, -0.05) is 12.1 Å². The molecule has 0 radical (unpaired) electrons. The van der Waals surface area contributed by atoms with Crippen molar-refractivity contribution in [1.82, 2.24) is 10.2 Å². The predicted molar refractivity (Wildman–Crippen MR) is 118 cm³/mol. The number of hydrogen-bond donors (Lipinski definition) is 2. The number of carbonyl (C=O) groups excluding carboxylic acids is 1. The number of piperidine rings is 1. The number of aliphatic imine (C=N–C) groups is 1. The van der Waals surface area contributed by atoms with Crippen molar-refractivity contribution in [3.63, 3.8) is 0 Å². The Balaban J connectivity index is 0.00000364. The minimum Gasteiger partial charge on any atom is -0.370 e. The van der Waals surface area contributed by atoms with Crippen molar-refractivity contribution in [2.24, 2.45) is 16.6 Å². The number of sulfone groups is 1. The van der Waals surface area contributed by atoms with Gasteiger partial charge in [0.25, 0.3) is 0 Å². The Bertz CT molecular complexity index is 750. The van der Waals surface area contributed by atoms with Gasteiger partial charge in [0.15, 0.2) is 15.8 Å². The first-order valence-electron chi connectivity index (χ1n) is 8.82. The summed E-state index contributed by atoms with van der Waals surface area (Å²) in [6, 6.07) is 6.95. The molecular weight excluding hydrogens is 479 g/mol. The first-order valence-corrected chi connectivity index (χ1v) is 10.7. The standard InChI is InChI=1S/C18H28N4O3S.HI/c1-20-18(22-11-3-4-15(13-22)12-17(19)23)21-10-9-14-5-7-16(8-6-14)26(2,24)25;/h5-8,15H,3-4,9-13H2,1-2H3,(H2,19,23)(H,20,21);1H. The highest BCUT2D eigenvalue weighted by molar-refractivity contribution is 14.0. The summed E-state index contributed by atoms with van der Waals surface area (Å²) in [6.45, 7) is 2.39. The second kappa shape index (κ2) is 10.8. The third-order valence-electron chi connectivity index (χ3n) is 4.57. The Kier molecular flexibility index (Phi) is 9.51. The van der Waals surface area contributed by atoms with Crippen molar-refractivity contribution >= 4 is 45.7 Å². The summed E-state index contributed by atoms with van der Waals surface area (Å²) in [5.41, 5.74) is 6.38. The first-order chi connectivity index (χ1) is 12.3. The lowest BCUT2D eigenvalue weighted by molar-refractivity contribution is -0.119. The van der Waals surface area contributed by atoms with E-state index in [1.807, 2.05) is 12.1 Å². The third kappa shape index (κ3) is 7.65. The predicted octanol–water partition coefficient (Wildman–Crippen LogP) is 1.41. The van der Waals surface area contributed by atoms with E-state index in [4.69, 9.17) is 5.73 Å². The molecule has 1 aromatic rings. The normalized spacial score (nSPS) is 17.9. The van der Waals surface area contributed by atoms with Crippen LogP contribution in [0.15, 0.2) is 34.2 Å². The highest BCUT2D eigenvalue weighted by Gasteiger charge is 2.23. The fourth-order valence-electron chi connectivity index (χ4n) is 3.26. The van der Waals surface area contributed by atoms with Crippen molar-refractivity contribution in [2.75, 3.05) is 32.9 Å². The van der Waals surface area contributed by atoms with Gasteiger partial charge < -0.3 is 16.0 Å². The minimum absolute atomic E-state index is 0. The van der Waals surface area contributed by atoms with Gasteiger partial charge in [-0.3, -0.25) is 9.79 Å². The van der Waals surface area contributed by atoms with Gasteiger partial charge in [-0.25, -0.2) is 8.42 Å². The smallest absolute Gasteiger partial charge is 0.217 e. The van der Waals surface area contributed by atoms with Crippen LogP contribution in [0.3, 0.4) is 0 Å². The van der Waals surface area contributed by atoms with Crippen molar-refractivity contribution in [1.29, 1.82) is 0 Å². The Hall–Kier alpha value is -1.36. The number of nitrogens with one attached hydrogen (secondary N) is 1. The van der Waals surface area contributed by atoms with Crippen molar-refractivity contribution in [3.05, 3.63) is 29.8 Å². The monoisotopic (exact) mass is 508 g/mol. The van der Waals surface area contributed by atoms with E-state index in [9.17, 15) is 13.2 Å². The lowest BCUT2D eigenvalue weighted by Crippen LogP contribution is -2.47. The summed E-state index contributed by atoms with van der Waals surface area (Å²) < 4.78 is 23.0. The summed E-state index contributed by atoms with van der Waals surface area (Å²) in [6.07, 6.45) is 4.42. The van der Waals surface area contributed by atoms with Crippen LogP contribution in [0, 0.1) is 5.92 Å². The zero-order valence-electron chi connectivity index (χ0n) is 15.8. The number of benzene rings is 1. The Morgan fingerprint density at radius 2 is 2.00 bits per heavy atom. The lowest BCUT2D eigenvalue weighted by atomic mass is 9.95. The van der Waals surface area contributed by atoms with Gasteiger partial charge in [-0.2, -0.15) is 0 Å². The van der Waals surface area contributed by atoms with Crippen LogP contribution in [0.4, 0.5) is 0 Å². The van der Waals surface area contributed by atoms with Gasteiger partial charge in [0.1, 0.15) is 0 Å². The molecule has 1 aliphatic heterocycles. The van der Waals surface area contributed by atoms with Crippen LogP contribution in [-0.4, -0.2) is 58.1 Å². The van der Waals surface area contributed by atoms with Gasteiger partial charge in [0.05, 0.1) is 4.90 Å². The number of halogens is 1. The number of likely N-dealkylation sites (tertiary alicyclic amines) is 1. The van der Waals surface area contributed by atoms with E-state index in [-0.39, 0.29) is 35.8 Å². The number of amides is 1. The molecule has 0 aromatic heterocycles. The quantitative estimate of drug-likeness (QED) is 0.344. The number of guanidine groups is 1. The van der Waals surface area contributed by atoms with Gasteiger partial charge >= 0.3 is 0 Å². The van der Waals surface area contributed by atoms with Crippen LogP contribution in [0.1, 0.15) is 24.8 Å². The maximum atomic E-state index is 11.5. The van der Waals surface area contributed by atoms with Gasteiger partial charge in [-0.15, -0.1) is 24.0 Å². The van der Waals surface area contributed by atoms with E-state index in [2.05, 4.69) is 15.2 Å². The van der Waals surface area contributed by atoms with Crippen LogP contribution in [0.25, 0.3) is 0 Å². The lowest BCUT2D eigenvalue weighted by Gasteiger charge is -2.34. The number of hydrogen-bond acceptors (Lipinski definition) is 4. The third-order valence-corrected chi connectivity index (χ3v) is 5.70. The fourth-order valence-corrected chi connectivity index (χ4v) is 3.89. The van der Waals surface area contributed by atoms with Crippen LogP contribution in [0.5, 0.6) is 0 Å². The van der Waals surface area contributed by atoms with E-state index in [0.29, 0.717) is 17.9 Å². The van der Waals surface area contributed by atoms with Crippen LogP contribution in [0.2, 0.25) is 0 Å². The average Bonchev–Trinajstić information content (AvgIpc) is 2.58. The average molecular weight is 508 g/mol. The van der Waals surface area contributed by atoms with Crippen molar-refractivity contribution < 1.29 is 13.2 Å². The van der Waals surface area contributed by atoms with E-state index < -0.39 is 9.84 Å². The number of rotatable bonds is 6. The molecule has 0 aliphatic carbocycles. The van der Waals surface area contributed by atoms with E-state index in [1.165, 1.54) is 6.26 Å².